The molecule has 0 heterocycles. The van der Waals surface area contributed by atoms with E-state index in [0.717, 1.165) is 38.5 Å². The molecule has 0 aliphatic heterocycles. The van der Waals surface area contributed by atoms with Crippen molar-refractivity contribution in [3.8, 4) is 0 Å². The highest BCUT2D eigenvalue weighted by Gasteiger charge is 2.42. The number of hydrogen-bond donors (Lipinski definition) is 3. The third kappa shape index (κ3) is 5.78. The molecule has 0 unspecified atom stereocenters. The number of urea groups is 1. The number of allylic oxidation sites excluding steroid dienone is 1. The minimum absolute atomic E-state index is 0.365. The van der Waals surface area contributed by atoms with Crippen molar-refractivity contribution < 1.29 is 14.7 Å². The molecule has 1 fully saturated rings. The number of aliphatic carboxylic acids is 1. The first-order valence-electron chi connectivity index (χ1n) is 7.90. The van der Waals surface area contributed by atoms with E-state index in [1.807, 2.05) is 6.08 Å². The van der Waals surface area contributed by atoms with Gasteiger partial charge in [0.05, 0.1) is 0 Å². The highest BCUT2D eigenvalue weighted by molar-refractivity contribution is 5.86. The van der Waals surface area contributed by atoms with Crippen LogP contribution in [0.3, 0.4) is 0 Å². The second kappa shape index (κ2) is 8.70. The molecule has 1 saturated carbocycles. The maximum absolute atomic E-state index is 11.9. The Morgan fingerprint density at radius 3 is 2.52 bits per heavy atom. The molecule has 0 bridgehead atoms. The zero-order valence-corrected chi connectivity index (χ0v) is 13.0. The molecule has 0 aromatic heterocycles. The van der Waals surface area contributed by atoms with E-state index >= 15 is 0 Å². The smallest absolute Gasteiger partial charge is 0.329 e. The van der Waals surface area contributed by atoms with Crippen molar-refractivity contribution in [3.05, 3.63) is 12.7 Å². The average Bonchev–Trinajstić information content (AvgIpc) is 2.45. The number of carbonyl (C=O) groups excluding carboxylic acids is 1. The van der Waals surface area contributed by atoms with Crippen LogP contribution in [0.25, 0.3) is 0 Å². The molecule has 1 aliphatic carbocycles. The lowest BCUT2D eigenvalue weighted by atomic mass is 9.77. The van der Waals surface area contributed by atoms with Gasteiger partial charge >= 0.3 is 12.0 Å². The highest BCUT2D eigenvalue weighted by Crippen LogP contribution is 2.32. The summed E-state index contributed by atoms with van der Waals surface area (Å²) in [6, 6.07) is -0.365. The number of amides is 2. The van der Waals surface area contributed by atoms with Crippen molar-refractivity contribution in [2.24, 2.45) is 5.92 Å². The summed E-state index contributed by atoms with van der Waals surface area (Å²) in [6.45, 7) is 6.36. The first-order valence-corrected chi connectivity index (χ1v) is 7.90. The van der Waals surface area contributed by atoms with Crippen LogP contribution in [0.4, 0.5) is 4.79 Å². The van der Waals surface area contributed by atoms with E-state index in [-0.39, 0.29) is 6.03 Å². The monoisotopic (exact) mass is 296 g/mol. The van der Waals surface area contributed by atoms with E-state index in [2.05, 4.69) is 24.1 Å². The normalized spacial score (nSPS) is 25.1. The van der Waals surface area contributed by atoms with Gasteiger partial charge in [-0.3, -0.25) is 0 Å². The molecule has 0 aromatic rings. The molecule has 0 saturated heterocycles. The second-order valence-electron chi connectivity index (χ2n) is 6.09. The Kier molecular flexibility index (Phi) is 7.26. The average molecular weight is 296 g/mol. The molecular formula is C16H28N2O3. The number of unbranched alkanes of at least 4 members (excludes halogenated alkanes) is 3. The third-order valence-electron chi connectivity index (χ3n) is 4.26. The van der Waals surface area contributed by atoms with Crippen LogP contribution >= 0.6 is 0 Å². The maximum atomic E-state index is 11.9. The van der Waals surface area contributed by atoms with Gasteiger partial charge in [0.25, 0.3) is 0 Å². The molecule has 0 atom stereocenters. The number of rotatable bonds is 8. The largest absolute Gasteiger partial charge is 0.480 e. The van der Waals surface area contributed by atoms with Crippen LogP contribution in [0.1, 0.15) is 58.3 Å². The summed E-state index contributed by atoms with van der Waals surface area (Å²) in [5.74, 6) is -0.386. The number of carboxylic acids is 1. The van der Waals surface area contributed by atoms with Gasteiger partial charge in [0, 0.05) is 6.54 Å². The molecule has 120 valence electrons. The number of carbonyl (C=O) groups is 2. The summed E-state index contributed by atoms with van der Waals surface area (Å²) in [7, 11) is 0. The zero-order valence-electron chi connectivity index (χ0n) is 13.0. The SMILES string of the molecule is C=CCCCCCNC(=O)NC1(C(=O)O)CCC(C)CC1. The Labute approximate surface area is 127 Å². The van der Waals surface area contributed by atoms with E-state index in [9.17, 15) is 14.7 Å². The summed E-state index contributed by atoms with van der Waals surface area (Å²) in [5.41, 5.74) is -1.08. The van der Waals surface area contributed by atoms with E-state index in [4.69, 9.17) is 0 Å². The fraction of sp³-hybridized carbons (Fsp3) is 0.750. The van der Waals surface area contributed by atoms with Gasteiger partial charge in [-0.25, -0.2) is 9.59 Å². The molecule has 5 nitrogen and oxygen atoms in total. The van der Waals surface area contributed by atoms with Crippen LogP contribution in [0.5, 0.6) is 0 Å². The molecule has 3 N–H and O–H groups in total. The van der Waals surface area contributed by atoms with Crippen LogP contribution in [0.2, 0.25) is 0 Å². The van der Waals surface area contributed by atoms with Crippen molar-refractivity contribution in [2.75, 3.05) is 6.54 Å². The standard InChI is InChI=1S/C16H28N2O3/c1-3-4-5-6-7-12-17-15(21)18-16(14(19)20)10-8-13(2)9-11-16/h3,13H,1,4-12H2,2H3,(H,19,20)(H2,17,18,21). The van der Waals surface area contributed by atoms with E-state index in [1.54, 1.807) is 0 Å². The predicted octanol–water partition coefficient (Wildman–Crippen LogP) is 3.07. The molecule has 1 aliphatic rings. The van der Waals surface area contributed by atoms with Crippen molar-refractivity contribution >= 4 is 12.0 Å². The molecule has 0 aromatic carbocycles. The van der Waals surface area contributed by atoms with E-state index in [0.29, 0.717) is 25.3 Å². The first-order chi connectivity index (χ1) is 10.00. The van der Waals surface area contributed by atoms with Gasteiger partial charge in [0.1, 0.15) is 5.54 Å². The first kappa shape index (κ1) is 17.5. The quantitative estimate of drug-likeness (QED) is 0.476. The van der Waals surface area contributed by atoms with Crippen LogP contribution < -0.4 is 10.6 Å². The van der Waals surface area contributed by atoms with Crippen LogP contribution in [0, 0.1) is 5.92 Å². The molecule has 0 radical (unpaired) electrons. The molecule has 21 heavy (non-hydrogen) atoms. The fourth-order valence-electron chi connectivity index (χ4n) is 2.70. The van der Waals surface area contributed by atoms with Crippen LogP contribution in [-0.4, -0.2) is 29.2 Å². The summed E-state index contributed by atoms with van der Waals surface area (Å²) in [6.07, 6.45) is 8.60. The van der Waals surface area contributed by atoms with Gasteiger partial charge < -0.3 is 15.7 Å². The summed E-state index contributed by atoms with van der Waals surface area (Å²) in [5, 5.41) is 14.9. The minimum Gasteiger partial charge on any atom is -0.480 e. The summed E-state index contributed by atoms with van der Waals surface area (Å²) < 4.78 is 0. The molecule has 1 rings (SSSR count). The minimum atomic E-state index is -1.08. The van der Waals surface area contributed by atoms with Crippen molar-refractivity contribution in [1.29, 1.82) is 0 Å². The lowest BCUT2D eigenvalue weighted by molar-refractivity contribution is -0.146. The molecule has 5 heteroatoms. The second-order valence-corrected chi connectivity index (χ2v) is 6.09. The predicted molar refractivity (Wildman–Crippen MR) is 83.2 cm³/mol. The number of nitrogens with one attached hydrogen (secondary N) is 2. The zero-order chi connectivity index (χ0) is 15.7. The van der Waals surface area contributed by atoms with Gasteiger partial charge in [0.2, 0.25) is 0 Å². The summed E-state index contributed by atoms with van der Waals surface area (Å²) in [4.78, 5) is 23.4. The third-order valence-corrected chi connectivity index (χ3v) is 4.26. The Hall–Kier alpha value is -1.52. The van der Waals surface area contributed by atoms with Gasteiger partial charge in [0.15, 0.2) is 0 Å². The van der Waals surface area contributed by atoms with Crippen LogP contribution in [-0.2, 0) is 4.79 Å². The molecule has 0 spiro atoms. The van der Waals surface area contributed by atoms with Gasteiger partial charge in [-0.05, 0) is 50.9 Å². The highest BCUT2D eigenvalue weighted by atomic mass is 16.4. The van der Waals surface area contributed by atoms with E-state index in [1.165, 1.54) is 0 Å². The van der Waals surface area contributed by atoms with Crippen molar-refractivity contribution in [1.82, 2.24) is 10.6 Å². The van der Waals surface area contributed by atoms with Gasteiger partial charge in [-0.15, -0.1) is 6.58 Å². The lowest BCUT2D eigenvalue weighted by Crippen LogP contribution is -2.58. The Balaban J connectivity index is 2.33. The number of carboxylic acid groups (broad SMARTS) is 1. The maximum Gasteiger partial charge on any atom is 0.329 e. The molecule has 2 amide bonds. The van der Waals surface area contributed by atoms with Crippen molar-refractivity contribution in [3.63, 3.8) is 0 Å². The Morgan fingerprint density at radius 2 is 1.95 bits per heavy atom. The Morgan fingerprint density at radius 1 is 1.29 bits per heavy atom. The number of hydrogen-bond acceptors (Lipinski definition) is 2. The lowest BCUT2D eigenvalue weighted by Gasteiger charge is -2.36. The Bertz CT molecular complexity index is 361. The topological polar surface area (TPSA) is 78.4 Å². The molecular weight excluding hydrogens is 268 g/mol. The van der Waals surface area contributed by atoms with Crippen LogP contribution in [0.15, 0.2) is 12.7 Å². The van der Waals surface area contributed by atoms with E-state index < -0.39 is 11.5 Å². The van der Waals surface area contributed by atoms with Gasteiger partial charge in [-0.1, -0.05) is 19.4 Å². The van der Waals surface area contributed by atoms with Crippen molar-refractivity contribution in [2.45, 2.75) is 63.8 Å². The summed E-state index contributed by atoms with van der Waals surface area (Å²) >= 11 is 0. The van der Waals surface area contributed by atoms with Gasteiger partial charge in [-0.2, -0.15) is 0 Å². The fourth-order valence-corrected chi connectivity index (χ4v) is 2.70.